The minimum atomic E-state index is 0.233. The molecule has 15 heavy (non-hydrogen) atoms. The number of rotatable bonds is 3. The first kappa shape index (κ1) is 10.4. The van der Waals surface area contributed by atoms with Crippen LogP contribution < -0.4 is 5.32 Å². The number of aromatic nitrogens is 2. The lowest BCUT2D eigenvalue weighted by molar-refractivity contribution is -0.133. The molecule has 1 amide bonds. The van der Waals surface area contributed by atoms with Crippen LogP contribution >= 0.6 is 11.5 Å². The van der Waals surface area contributed by atoms with Crippen LogP contribution in [0.15, 0.2) is 0 Å². The minimum absolute atomic E-state index is 0.233. The average Bonchev–Trinajstić information content (AvgIpc) is 2.69. The van der Waals surface area contributed by atoms with E-state index in [0.717, 1.165) is 30.1 Å². The predicted molar refractivity (Wildman–Crippen MR) is 58.7 cm³/mol. The summed E-state index contributed by atoms with van der Waals surface area (Å²) in [4.78, 5) is 13.4. The third-order valence-corrected chi connectivity index (χ3v) is 3.33. The van der Waals surface area contributed by atoms with Crippen molar-refractivity contribution >= 4 is 22.4 Å². The van der Waals surface area contributed by atoms with E-state index >= 15 is 0 Å². The highest BCUT2D eigenvalue weighted by molar-refractivity contribution is 7.10. The van der Waals surface area contributed by atoms with Gasteiger partial charge in [-0.15, -0.1) is 5.10 Å². The van der Waals surface area contributed by atoms with Gasteiger partial charge in [0.05, 0.1) is 6.54 Å². The molecule has 0 spiro atoms. The Balaban J connectivity index is 2.04. The molecular formula is C9H14N4OS. The Labute approximate surface area is 92.6 Å². The van der Waals surface area contributed by atoms with Gasteiger partial charge in [-0.2, -0.15) is 0 Å². The first-order valence-corrected chi connectivity index (χ1v) is 5.85. The summed E-state index contributed by atoms with van der Waals surface area (Å²) in [6.07, 6.45) is 2.79. The number of likely N-dealkylation sites (tertiary alicyclic amines) is 1. The Hall–Kier alpha value is -1.17. The van der Waals surface area contributed by atoms with E-state index in [1.165, 1.54) is 11.5 Å². The van der Waals surface area contributed by atoms with Gasteiger partial charge in [0.1, 0.15) is 10.7 Å². The fourth-order valence-corrected chi connectivity index (χ4v) is 2.23. The summed E-state index contributed by atoms with van der Waals surface area (Å²) in [7, 11) is 1.84. The number of hydrogen-bond acceptors (Lipinski definition) is 5. The normalized spacial score (nSPS) is 16.9. The first-order valence-electron chi connectivity index (χ1n) is 5.08. The topological polar surface area (TPSA) is 58.1 Å². The third-order valence-electron chi connectivity index (χ3n) is 2.54. The number of anilines is 1. The maximum absolute atomic E-state index is 11.6. The highest BCUT2D eigenvalue weighted by Crippen LogP contribution is 2.20. The van der Waals surface area contributed by atoms with E-state index in [1.54, 1.807) is 0 Å². The number of piperidine rings is 1. The molecule has 0 atom stereocenters. The molecule has 2 rings (SSSR count). The summed E-state index contributed by atoms with van der Waals surface area (Å²) < 4.78 is 3.87. The van der Waals surface area contributed by atoms with Crippen LogP contribution in [0.1, 0.15) is 25.0 Å². The molecule has 1 aliphatic heterocycles. The van der Waals surface area contributed by atoms with Gasteiger partial charge in [-0.25, -0.2) is 0 Å². The molecular weight excluding hydrogens is 212 g/mol. The quantitative estimate of drug-likeness (QED) is 0.838. The van der Waals surface area contributed by atoms with Gasteiger partial charge >= 0.3 is 0 Å². The maximum atomic E-state index is 11.6. The monoisotopic (exact) mass is 226 g/mol. The van der Waals surface area contributed by atoms with Crippen LogP contribution in [0.2, 0.25) is 0 Å². The highest BCUT2D eigenvalue weighted by atomic mass is 32.1. The van der Waals surface area contributed by atoms with Gasteiger partial charge in [0, 0.05) is 31.5 Å². The van der Waals surface area contributed by atoms with Crippen molar-refractivity contribution < 1.29 is 4.79 Å². The van der Waals surface area contributed by atoms with Crippen LogP contribution in [0.5, 0.6) is 0 Å². The van der Waals surface area contributed by atoms with Crippen LogP contribution in [-0.4, -0.2) is 34.0 Å². The van der Waals surface area contributed by atoms with Gasteiger partial charge in [0.2, 0.25) is 5.91 Å². The third kappa shape index (κ3) is 2.26. The highest BCUT2D eigenvalue weighted by Gasteiger charge is 2.20. The fraction of sp³-hybridized carbons (Fsp3) is 0.667. The first-order chi connectivity index (χ1) is 7.31. The van der Waals surface area contributed by atoms with Crippen LogP contribution in [0.3, 0.4) is 0 Å². The molecule has 0 unspecified atom stereocenters. The second kappa shape index (κ2) is 4.57. The number of hydrogen-bond donors (Lipinski definition) is 1. The zero-order chi connectivity index (χ0) is 10.7. The molecule has 0 aromatic carbocycles. The van der Waals surface area contributed by atoms with Crippen LogP contribution in [-0.2, 0) is 11.3 Å². The van der Waals surface area contributed by atoms with E-state index in [4.69, 9.17) is 0 Å². The zero-order valence-electron chi connectivity index (χ0n) is 8.69. The number of nitrogens with zero attached hydrogens (tertiary/aromatic N) is 3. The standard InChI is InChI=1S/C9H14N4OS/c1-10-9-7(11-12-15-9)6-13-5-3-2-4-8(13)14/h10H,2-6H2,1H3. The summed E-state index contributed by atoms with van der Waals surface area (Å²) in [6, 6.07) is 0. The van der Waals surface area contributed by atoms with Crippen molar-refractivity contribution in [1.82, 2.24) is 14.5 Å². The van der Waals surface area contributed by atoms with E-state index in [9.17, 15) is 4.79 Å². The van der Waals surface area contributed by atoms with Crippen LogP contribution in [0.25, 0.3) is 0 Å². The molecule has 0 radical (unpaired) electrons. The van der Waals surface area contributed by atoms with Crippen molar-refractivity contribution in [3.8, 4) is 0 Å². The maximum Gasteiger partial charge on any atom is 0.222 e. The van der Waals surface area contributed by atoms with Crippen molar-refractivity contribution in [2.24, 2.45) is 0 Å². The van der Waals surface area contributed by atoms with Gasteiger partial charge in [0.25, 0.3) is 0 Å². The number of nitrogens with one attached hydrogen (secondary N) is 1. The van der Waals surface area contributed by atoms with Crippen molar-refractivity contribution in [1.29, 1.82) is 0 Å². The molecule has 5 nitrogen and oxygen atoms in total. The summed E-state index contributed by atoms with van der Waals surface area (Å²) >= 11 is 1.33. The number of amides is 1. The summed E-state index contributed by atoms with van der Waals surface area (Å²) in [5.41, 5.74) is 0.873. The van der Waals surface area contributed by atoms with E-state index in [2.05, 4.69) is 14.9 Å². The molecule has 2 heterocycles. The van der Waals surface area contributed by atoms with Gasteiger partial charge in [-0.3, -0.25) is 4.79 Å². The second-order valence-corrected chi connectivity index (χ2v) is 4.33. The summed E-state index contributed by atoms with van der Waals surface area (Å²) in [5, 5.41) is 8.02. The molecule has 0 aliphatic carbocycles. The van der Waals surface area contributed by atoms with Crippen molar-refractivity contribution in [3.63, 3.8) is 0 Å². The van der Waals surface area contributed by atoms with Crippen molar-refractivity contribution in [2.45, 2.75) is 25.8 Å². The molecule has 1 saturated heterocycles. The summed E-state index contributed by atoms with van der Waals surface area (Å²) in [5.74, 6) is 0.233. The number of carbonyl (C=O) groups is 1. The van der Waals surface area contributed by atoms with Crippen molar-refractivity contribution in [2.75, 3.05) is 18.9 Å². The SMILES string of the molecule is CNc1snnc1CN1CCCCC1=O. The molecule has 82 valence electrons. The predicted octanol–water partition coefficient (Wildman–Crippen LogP) is 1.09. The lowest BCUT2D eigenvalue weighted by Crippen LogP contribution is -2.34. The minimum Gasteiger partial charge on any atom is -0.377 e. The molecule has 1 fully saturated rings. The van der Waals surface area contributed by atoms with E-state index in [-0.39, 0.29) is 5.91 Å². The van der Waals surface area contributed by atoms with E-state index < -0.39 is 0 Å². The van der Waals surface area contributed by atoms with Gasteiger partial charge in [0.15, 0.2) is 0 Å². The van der Waals surface area contributed by atoms with E-state index in [1.807, 2.05) is 11.9 Å². The number of carbonyl (C=O) groups excluding carboxylic acids is 1. The largest absolute Gasteiger partial charge is 0.377 e. The Kier molecular flexibility index (Phi) is 3.15. The molecule has 0 bridgehead atoms. The molecule has 1 aliphatic rings. The zero-order valence-corrected chi connectivity index (χ0v) is 9.51. The van der Waals surface area contributed by atoms with Gasteiger partial charge in [-0.05, 0) is 12.8 Å². The van der Waals surface area contributed by atoms with Crippen LogP contribution in [0, 0.1) is 0 Å². The molecule has 6 heteroatoms. The fourth-order valence-electron chi connectivity index (χ4n) is 1.71. The Morgan fingerprint density at radius 3 is 3.13 bits per heavy atom. The van der Waals surface area contributed by atoms with Crippen LogP contribution in [0.4, 0.5) is 5.00 Å². The molecule has 1 aromatic heterocycles. The lowest BCUT2D eigenvalue weighted by atomic mass is 10.1. The smallest absolute Gasteiger partial charge is 0.222 e. The van der Waals surface area contributed by atoms with Gasteiger partial charge < -0.3 is 10.2 Å². The van der Waals surface area contributed by atoms with Crippen molar-refractivity contribution in [3.05, 3.63) is 5.69 Å². The average molecular weight is 226 g/mol. The Bertz CT molecular complexity index is 352. The lowest BCUT2D eigenvalue weighted by Gasteiger charge is -2.25. The Morgan fingerprint density at radius 2 is 2.40 bits per heavy atom. The Morgan fingerprint density at radius 1 is 1.53 bits per heavy atom. The molecule has 0 saturated carbocycles. The summed E-state index contributed by atoms with van der Waals surface area (Å²) in [6.45, 7) is 1.44. The van der Waals surface area contributed by atoms with E-state index in [0.29, 0.717) is 13.0 Å². The molecule has 1 N–H and O–H groups in total. The second-order valence-electron chi connectivity index (χ2n) is 3.57. The van der Waals surface area contributed by atoms with Gasteiger partial charge in [-0.1, -0.05) is 4.49 Å². The molecule has 1 aromatic rings.